The molecule has 0 unspecified atom stereocenters. The molecule has 1 N–H and O–H groups in total. The maximum atomic E-state index is 15.0. The molecular formula is C27H21FN2O3S. The lowest BCUT2D eigenvalue weighted by molar-refractivity contribution is -0.132. The van der Waals surface area contributed by atoms with Crippen LogP contribution in [0.2, 0.25) is 0 Å². The molecular weight excluding hydrogens is 451 g/mol. The number of aromatic nitrogens is 1. The number of carbonyl (C=O) groups is 2. The molecule has 1 aliphatic rings. The number of hydrogen-bond acceptors (Lipinski definition) is 5. The molecule has 1 aliphatic heterocycles. The highest BCUT2D eigenvalue weighted by molar-refractivity contribution is 7.22. The number of benzene rings is 3. The largest absolute Gasteiger partial charge is 0.507 e. The van der Waals surface area contributed by atoms with E-state index in [1.54, 1.807) is 30.3 Å². The van der Waals surface area contributed by atoms with E-state index in [1.165, 1.54) is 34.4 Å². The van der Waals surface area contributed by atoms with Crippen molar-refractivity contribution in [1.29, 1.82) is 0 Å². The van der Waals surface area contributed by atoms with E-state index in [0.717, 1.165) is 22.2 Å². The number of rotatable bonds is 4. The number of aliphatic hydroxyl groups is 1. The van der Waals surface area contributed by atoms with Gasteiger partial charge in [0.05, 0.1) is 15.8 Å². The Balaban J connectivity index is 1.73. The van der Waals surface area contributed by atoms with E-state index in [9.17, 15) is 14.7 Å². The van der Waals surface area contributed by atoms with E-state index in [1.807, 2.05) is 32.0 Å². The second-order valence-corrected chi connectivity index (χ2v) is 9.22. The van der Waals surface area contributed by atoms with E-state index in [0.29, 0.717) is 11.1 Å². The molecule has 0 radical (unpaired) electrons. The molecule has 1 fully saturated rings. The van der Waals surface area contributed by atoms with Crippen LogP contribution in [0.15, 0.2) is 72.3 Å². The zero-order chi connectivity index (χ0) is 24.0. The molecule has 34 heavy (non-hydrogen) atoms. The Morgan fingerprint density at radius 3 is 2.53 bits per heavy atom. The van der Waals surface area contributed by atoms with Gasteiger partial charge in [-0.2, -0.15) is 0 Å². The summed E-state index contributed by atoms with van der Waals surface area (Å²) in [6.07, 6.45) is 0.847. The highest BCUT2D eigenvalue weighted by Crippen LogP contribution is 2.45. The van der Waals surface area contributed by atoms with E-state index in [2.05, 4.69) is 4.98 Å². The summed E-state index contributed by atoms with van der Waals surface area (Å²) in [5.41, 5.74) is 3.11. The standard InChI is InChI=1S/C27H21FN2O3S/c1-3-16-10-13-20-21(14-16)34-27(29-20)30-23(18-6-4-5-7-19(18)28)22(25(32)26(30)33)24(31)17-11-8-15(2)9-12-17/h4-14,23,31H,3H2,1-2H3/t23-/m0/s1. The normalized spacial score (nSPS) is 17.6. The van der Waals surface area contributed by atoms with Gasteiger partial charge in [-0.1, -0.05) is 72.4 Å². The van der Waals surface area contributed by atoms with Gasteiger partial charge in [0.25, 0.3) is 5.78 Å². The predicted octanol–water partition coefficient (Wildman–Crippen LogP) is 5.93. The predicted molar refractivity (Wildman–Crippen MR) is 131 cm³/mol. The van der Waals surface area contributed by atoms with Crippen molar-refractivity contribution in [3.63, 3.8) is 0 Å². The molecule has 170 valence electrons. The van der Waals surface area contributed by atoms with E-state index in [4.69, 9.17) is 0 Å². The number of anilines is 1. The lowest BCUT2D eigenvalue weighted by Crippen LogP contribution is -2.29. The second-order valence-electron chi connectivity index (χ2n) is 8.21. The number of Topliss-reactive ketones (excluding diaryl/α,β-unsaturated/α-hetero) is 1. The number of amides is 1. The van der Waals surface area contributed by atoms with Crippen molar-refractivity contribution < 1.29 is 19.1 Å². The maximum absolute atomic E-state index is 15.0. The van der Waals surface area contributed by atoms with Crippen LogP contribution in [0.5, 0.6) is 0 Å². The summed E-state index contributed by atoms with van der Waals surface area (Å²) in [5.74, 6) is -2.65. The number of carbonyl (C=O) groups excluding carboxylic acids is 2. The van der Waals surface area contributed by atoms with Crippen molar-refractivity contribution >= 4 is 44.1 Å². The molecule has 3 aromatic carbocycles. The highest BCUT2D eigenvalue weighted by atomic mass is 32.1. The van der Waals surface area contributed by atoms with Crippen molar-refractivity contribution in [2.75, 3.05) is 4.90 Å². The molecule has 1 amide bonds. The first kappa shape index (κ1) is 22.0. The molecule has 0 spiro atoms. The van der Waals surface area contributed by atoms with Crippen molar-refractivity contribution in [2.24, 2.45) is 0 Å². The summed E-state index contributed by atoms with van der Waals surface area (Å²) in [6, 6.07) is 17.6. The number of thiazole rings is 1. The monoisotopic (exact) mass is 472 g/mol. The minimum atomic E-state index is -1.14. The van der Waals surface area contributed by atoms with Crippen molar-refractivity contribution in [3.8, 4) is 0 Å². The summed E-state index contributed by atoms with van der Waals surface area (Å²) in [4.78, 5) is 32.3. The fourth-order valence-corrected chi connectivity index (χ4v) is 5.22. The molecule has 1 atom stereocenters. The van der Waals surface area contributed by atoms with E-state index >= 15 is 4.39 Å². The molecule has 0 aliphatic carbocycles. The Kier molecular flexibility index (Phi) is 5.49. The first-order chi connectivity index (χ1) is 16.4. The molecule has 7 heteroatoms. The zero-order valence-electron chi connectivity index (χ0n) is 18.6. The number of fused-ring (bicyclic) bond motifs is 1. The molecule has 5 rings (SSSR count). The number of nitrogens with zero attached hydrogens (tertiary/aromatic N) is 2. The quantitative estimate of drug-likeness (QED) is 0.227. The van der Waals surface area contributed by atoms with Gasteiger partial charge in [0.15, 0.2) is 5.13 Å². The molecule has 4 aromatic rings. The van der Waals surface area contributed by atoms with Crippen LogP contribution in [0.25, 0.3) is 16.0 Å². The number of aliphatic hydroxyl groups excluding tert-OH is 1. The maximum Gasteiger partial charge on any atom is 0.301 e. The van der Waals surface area contributed by atoms with Gasteiger partial charge in [0, 0.05) is 11.1 Å². The first-order valence-corrected chi connectivity index (χ1v) is 11.7. The van der Waals surface area contributed by atoms with Gasteiger partial charge in [-0.15, -0.1) is 0 Å². The summed E-state index contributed by atoms with van der Waals surface area (Å²) in [5, 5.41) is 11.4. The van der Waals surface area contributed by atoms with Gasteiger partial charge in [-0.25, -0.2) is 9.37 Å². The Hall–Kier alpha value is -3.84. The number of ketones is 1. The zero-order valence-corrected chi connectivity index (χ0v) is 19.4. The van der Waals surface area contributed by atoms with Gasteiger partial charge in [0.2, 0.25) is 0 Å². The third-order valence-corrected chi connectivity index (χ3v) is 7.04. The number of aryl methyl sites for hydroxylation is 2. The summed E-state index contributed by atoms with van der Waals surface area (Å²) in [6.45, 7) is 3.95. The molecule has 0 saturated carbocycles. The third kappa shape index (κ3) is 3.58. The van der Waals surface area contributed by atoms with E-state index in [-0.39, 0.29) is 22.0 Å². The Morgan fingerprint density at radius 1 is 1.09 bits per heavy atom. The topological polar surface area (TPSA) is 70.5 Å². The van der Waals surface area contributed by atoms with Gasteiger partial charge >= 0.3 is 5.91 Å². The average molecular weight is 473 g/mol. The molecule has 5 nitrogen and oxygen atoms in total. The van der Waals surface area contributed by atoms with E-state index < -0.39 is 23.5 Å². The van der Waals surface area contributed by atoms with Crippen molar-refractivity contribution in [3.05, 3.63) is 100 Å². The smallest absolute Gasteiger partial charge is 0.301 e. The molecule has 2 heterocycles. The van der Waals surface area contributed by atoms with Gasteiger partial charge in [0.1, 0.15) is 17.6 Å². The van der Waals surface area contributed by atoms with Crippen LogP contribution in [0, 0.1) is 12.7 Å². The Morgan fingerprint density at radius 2 is 1.82 bits per heavy atom. The van der Waals surface area contributed by atoms with Crippen molar-refractivity contribution in [1.82, 2.24) is 4.98 Å². The van der Waals surface area contributed by atoms with Crippen LogP contribution in [0.1, 0.15) is 35.2 Å². The van der Waals surface area contributed by atoms with Crippen LogP contribution >= 0.6 is 11.3 Å². The second kappa shape index (κ2) is 8.50. The summed E-state index contributed by atoms with van der Waals surface area (Å²) < 4.78 is 15.9. The van der Waals surface area contributed by atoms with Crippen LogP contribution < -0.4 is 4.90 Å². The summed E-state index contributed by atoms with van der Waals surface area (Å²) in [7, 11) is 0. The number of halogens is 1. The van der Waals surface area contributed by atoms with Crippen LogP contribution in [-0.4, -0.2) is 21.8 Å². The van der Waals surface area contributed by atoms with Gasteiger partial charge in [-0.3, -0.25) is 14.5 Å². The fourth-order valence-electron chi connectivity index (χ4n) is 4.17. The molecule has 1 saturated heterocycles. The van der Waals surface area contributed by atoms with Crippen LogP contribution in [-0.2, 0) is 16.0 Å². The minimum absolute atomic E-state index is 0.115. The Bertz CT molecular complexity index is 1470. The van der Waals surface area contributed by atoms with Crippen LogP contribution in [0.3, 0.4) is 0 Å². The molecule has 1 aromatic heterocycles. The summed E-state index contributed by atoms with van der Waals surface area (Å²) >= 11 is 1.26. The van der Waals surface area contributed by atoms with Crippen LogP contribution in [0.4, 0.5) is 9.52 Å². The lowest BCUT2D eigenvalue weighted by Gasteiger charge is -2.23. The third-order valence-electron chi connectivity index (χ3n) is 6.03. The first-order valence-electron chi connectivity index (χ1n) is 10.9. The fraction of sp³-hybridized carbons (Fsp3) is 0.148. The van der Waals surface area contributed by atoms with Gasteiger partial charge < -0.3 is 5.11 Å². The Labute approximate surface area is 199 Å². The highest BCUT2D eigenvalue weighted by Gasteiger charge is 2.49. The minimum Gasteiger partial charge on any atom is -0.507 e. The van der Waals surface area contributed by atoms with Gasteiger partial charge in [-0.05, 0) is 37.1 Å². The lowest BCUT2D eigenvalue weighted by atomic mass is 9.95. The molecule has 0 bridgehead atoms. The average Bonchev–Trinajstić information content (AvgIpc) is 3.37. The van der Waals surface area contributed by atoms with Crippen molar-refractivity contribution in [2.45, 2.75) is 26.3 Å². The SMILES string of the molecule is CCc1ccc2nc(N3C(=O)C(=O)C(=C(O)c4ccc(C)cc4)[C@@H]3c3ccccc3F)sc2c1. The number of hydrogen-bond donors (Lipinski definition) is 1.